The summed E-state index contributed by atoms with van der Waals surface area (Å²) in [5, 5.41) is 3.04. The maximum Gasteiger partial charge on any atom is 0.253 e. The van der Waals surface area contributed by atoms with Crippen molar-refractivity contribution < 1.29 is 14.3 Å². The van der Waals surface area contributed by atoms with Gasteiger partial charge in [0.05, 0.1) is 5.56 Å². The van der Waals surface area contributed by atoms with E-state index in [2.05, 4.69) is 12.2 Å². The van der Waals surface area contributed by atoms with E-state index in [4.69, 9.17) is 15.2 Å². The van der Waals surface area contributed by atoms with Gasteiger partial charge in [-0.3, -0.25) is 4.79 Å². The predicted octanol–water partition coefficient (Wildman–Crippen LogP) is 1.92. The molecule has 102 valence electrons. The molecule has 19 heavy (non-hydrogen) atoms. The molecule has 1 aromatic carbocycles. The summed E-state index contributed by atoms with van der Waals surface area (Å²) in [7, 11) is 0. The molecule has 1 amide bonds. The van der Waals surface area contributed by atoms with Crippen LogP contribution in [0.25, 0.3) is 0 Å². The number of ether oxygens (including phenoxy) is 2. The lowest BCUT2D eigenvalue weighted by atomic mass is 10.1. The van der Waals surface area contributed by atoms with Crippen LogP contribution in [0.5, 0.6) is 11.5 Å². The first-order chi connectivity index (χ1) is 9.13. The van der Waals surface area contributed by atoms with Gasteiger partial charge >= 0.3 is 0 Å². The summed E-state index contributed by atoms with van der Waals surface area (Å²) in [4.78, 5) is 12.2. The third-order valence-corrected chi connectivity index (χ3v) is 3.82. The number of carbonyl (C=O) groups is 1. The molecule has 1 aliphatic carbocycles. The highest BCUT2D eigenvalue weighted by atomic mass is 16.7. The molecule has 3 rings (SSSR count). The number of anilines is 1. The van der Waals surface area contributed by atoms with E-state index < -0.39 is 0 Å². The van der Waals surface area contributed by atoms with Crippen LogP contribution in [0.2, 0.25) is 0 Å². The van der Waals surface area contributed by atoms with Gasteiger partial charge in [-0.15, -0.1) is 0 Å². The van der Waals surface area contributed by atoms with Crippen LogP contribution in [0.1, 0.15) is 36.5 Å². The van der Waals surface area contributed by atoms with Crippen molar-refractivity contribution in [3.8, 4) is 11.5 Å². The summed E-state index contributed by atoms with van der Waals surface area (Å²) in [6.07, 6.45) is 3.25. The highest BCUT2D eigenvalue weighted by molar-refractivity contribution is 6.00. The number of amides is 1. The van der Waals surface area contributed by atoms with Crippen molar-refractivity contribution in [2.24, 2.45) is 5.92 Å². The molecule has 5 nitrogen and oxygen atoms in total. The SMILES string of the molecule is CC1CCC(NC(=O)c2cc3c(cc2N)OCO3)C1. The lowest BCUT2D eigenvalue weighted by Crippen LogP contribution is -2.33. The van der Waals surface area contributed by atoms with Gasteiger partial charge < -0.3 is 20.5 Å². The Balaban J connectivity index is 1.76. The number of hydrogen-bond donors (Lipinski definition) is 2. The molecule has 0 spiro atoms. The van der Waals surface area contributed by atoms with E-state index in [1.807, 2.05) is 0 Å². The van der Waals surface area contributed by atoms with Crippen molar-refractivity contribution in [2.45, 2.75) is 32.2 Å². The quantitative estimate of drug-likeness (QED) is 0.798. The summed E-state index contributed by atoms with van der Waals surface area (Å²) in [6.45, 7) is 2.39. The Labute approximate surface area is 112 Å². The standard InChI is InChI=1S/C14H18N2O3/c1-8-2-3-9(4-8)16-14(17)10-5-12-13(6-11(10)15)19-7-18-12/h5-6,8-9H,2-4,7,15H2,1H3,(H,16,17). The molecular formula is C14H18N2O3. The van der Waals surface area contributed by atoms with Gasteiger partial charge in [0.25, 0.3) is 5.91 Å². The minimum atomic E-state index is -0.130. The third-order valence-electron chi connectivity index (χ3n) is 3.82. The van der Waals surface area contributed by atoms with Gasteiger partial charge in [0.2, 0.25) is 6.79 Å². The van der Waals surface area contributed by atoms with Crippen molar-refractivity contribution in [1.82, 2.24) is 5.32 Å². The van der Waals surface area contributed by atoms with Gasteiger partial charge in [-0.2, -0.15) is 0 Å². The fourth-order valence-electron chi connectivity index (χ4n) is 2.76. The van der Waals surface area contributed by atoms with E-state index in [0.29, 0.717) is 28.7 Å². The number of rotatable bonds is 2. The molecule has 0 saturated heterocycles. The van der Waals surface area contributed by atoms with Crippen LogP contribution in [0.15, 0.2) is 12.1 Å². The topological polar surface area (TPSA) is 73.6 Å². The van der Waals surface area contributed by atoms with Gasteiger partial charge in [-0.1, -0.05) is 6.92 Å². The van der Waals surface area contributed by atoms with Crippen molar-refractivity contribution in [1.29, 1.82) is 0 Å². The Hall–Kier alpha value is -1.91. The molecule has 5 heteroatoms. The average molecular weight is 262 g/mol. The van der Waals surface area contributed by atoms with Crippen molar-refractivity contribution >= 4 is 11.6 Å². The summed E-state index contributed by atoms with van der Waals surface area (Å²) >= 11 is 0. The lowest BCUT2D eigenvalue weighted by Gasteiger charge is -2.14. The highest BCUT2D eigenvalue weighted by Crippen LogP contribution is 2.36. The first-order valence-corrected chi connectivity index (χ1v) is 6.63. The maximum atomic E-state index is 12.2. The van der Waals surface area contributed by atoms with Gasteiger partial charge in [0, 0.05) is 17.8 Å². The number of benzene rings is 1. The molecule has 0 aromatic heterocycles. The van der Waals surface area contributed by atoms with Crippen LogP contribution in [0, 0.1) is 5.92 Å². The number of nitrogens with one attached hydrogen (secondary N) is 1. The molecule has 1 saturated carbocycles. The van der Waals surface area contributed by atoms with Crippen LogP contribution in [0.4, 0.5) is 5.69 Å². The van der Waals surface area contributed by atoms with Gasteiger partial charge in [0.1, 0.15) is 0 Å². The maximum absolute atomic E-state index is 12.2. The Morgan fingerprint density at radius 3 is 2.74 bits per heavy atom. The number of nitrogens with two attached hydrogens (primary N) is 1. The summed E-state index contributed by atoms with van der Waals surface area (Å²) in [5.74, 6) is 1.73. The number of nitrogen functional groups attached to an aromatic ring is 1. The minimum absolute atomic E-state index is 0.130. The molecule has 2 atom stereocenters. The van der Waals surface area contributed by atoms with E-state index in [0.717, 1.165) is 12.8 Å². The molecule has 3 N–H and O–H groups in total. The first kappa shape index (κ1) is 12.1. The highest BCUT2D eigenvalue weighted by Gasteiger charge is 2.25. The minimum Gasteiger partial charge on any atom is -0.454 e. The van der Waals surface area contributed by atoms with E-state index in [1.54, 1.807) is 12.1 Å². The zero-order valence-corrected chi connectivity index (χ0v) is 10.9. The normalized spacial score (nSPS) is 24.5. The van der Waals surface area contributed by atoms with Crippen LogP contribution >= 0.6 is 0 Å². The molecule has 1 aromatic rings. The second-order valence-electron chi connectivity index (χ2n) is 5.38. The van der Waals surface area contributed by atoms with Crippen molar-refractivity contribution in [3.05, 3.63) is 17.7 Å². The second-order valence-corrected chi connectivity index (χ2v) is 5.38. The van der Waals surface area contributed by atoms with Gasteiger partial charge in [0.15, 0.2) is 11.5 Å². The Morgan fingerprint density at radius 2 is 2.05 bits per heavy atom. The van der Waals surface area contributed by atoms with E-state index in [-0.39, 0.29) is 18.7 Å². The molecule has 1 fully saturated rings. The zero-order valence-electron chi connectivity index (χ0n) is 10.9. The summed E-state index contributed by atoms with van der Waals surface area (Å²) in [5.41, 5.74) is 6.79. The van der Waals surface area contributed by atoms with Crippen molar-refractivity contribution in [2.75, 3.05) is 12.5 Å². The molecule has 2 unspecified atom stereocenters. The van der Waals surface area contributed by atoms with Crippen LogP contribution in [-0.2, 0) is 0 Å². The number of fused-ring (bicyclic) bond motifs is 1. The van der Waals surface area contributed by atoms with Crippen molar-refractivity contribution in [3.63, 3.8) is 0 Å². The Kier molecular flexibility index (Phi) is 2.97. The number of carbonyl (C=O) groups excluding carboxylic acids is 1. The Morgan fingerprint density at radius 1 is 1.32 bits per heavy atom. The lowest BCUT2D eigenvalue weighted by molar-refractivity contribution is 0.0937. The molecule has 0 radical (unpaired) electrons. The fourth-order valence-corrected chi connectivity index (χ4v) is 2.76. The van der Waals surface area contributed by atoms with E-state index in [1.165, 1.54) is 6.42 Å². The van der Waals surface area contributed by atoms with E-state index >= 15 is 0 Å². The largest absolute Gasteiger partial charge is 0.454 e. The smallest absolute Gasteiger partial charge is 0.253 e. The van der Waals surface area contributed by atoms with Crippen LogP contribution < -0.4 is 20.5 Å². The summed E-state index contributed by atoms with van der Waals surface area (Å²) in [6, 6.07) is 3.56. The van der Waals surface area contributed by atoms with Gasteiger partial charge in [-0.05, 0) is 31.2 Å². The third kappa shape index (κ3) is 2.32. The number of hydrogen-bond acceptors (Lipinski definition) is 4. The average Bonchev–Trinajstić information content (AvgIpc) is 2.96. The molecule has 2 aliphatic rings. The second kappa shape index (κ2) is 4.64. The van der Waals surface area contributed by atoms with Gasteiger partial charge in [-0.25, -0.2) is 0 Å². The summed E-state index contributed by atoms with van der Waals surface area (Å²) < 4.78 is 10.5. The molecule has 1 aliphatic heterocycles. The molecule has 1 heterocycles. The van der Waals surface area contributed by atoms with Crippen LogP contribution in [-0.4, -0.2) is 18.7 Å². The molecule has 0 bridgehead atoms. The van der Waals surface area contributed by atoms with Crippen LogP contribution in [0.3, 0.4) is 0 Å². The predicted molar refractivity (Wildman–Crippen MR) is 71.2 cm³/mol. The first-order valence-electron chi connectivity index (χ1n) is 6.63. The molecular weight excluding hydrogens is 244 g/mol. The van der Waals surface area contributed by atoms with E-state index in [9.17, 15) is 4.79 Å². The zero-order chi connectivity index (χ0) is 13.4. The fraction of sp³-hybridized carbons (Fsp3) is 0.500. The monoisotopic (exact) mass is 262 g/mol. The Bertz CT molecular complexity index is 516.